The molecule has 112 valence electrons. The van der Waals surface area contributed by atoms with E-state index >= 15 is 0 Å². The molecule has 0 atom stereocenters. The van der Waals surface area contributed by atoms with Crippen molar-refractivity contribution in [2.24, 2.45) is 0 Å². The van der Waals surface area contributed by atoms with Crippen LogP contribution in [-0.2, 0) is 9.47 Å². The summed E-state index contributed by atoms with van der Waals surface area (Å²) in [6, 6.07) is 4.48. The Morgan fingerprint density at radius 3 is 2.40 bits per heavy atom. The number of amides is 2. The molecule has 1 aromatic rings. The van der Waals surface area contributed by atoms with Crippen LogP contribution < -0.4 is 10.6 Å². The van der Waals surface area contributed by atoms with E-state index in [-0.39, 0.29) is 12.6 Å². The fourth-order valence-corrected chi connectivity index (χ4v) is 1.76. The van der Waals surface area contributed by atoms with Gasteiger partial charge in [0.2, 0.25) is 0 Å². The zero-order chi connectivity index (χ0) is 15.0. The third kappa shape index (κ3) is 5.96. The van der Waals surface area contributed by atoms with Crippen LogP contribution in [-0.4, -0.2) is 32.1 Å². The molecule has 0 unspecified atom stereocenters. The molecule has 0 aliphatic heterocycles. The summed E-state index contributed by atoms with van der Waals surface area (Å²) in [6.07, 6.45) is -0.454. The second-order valence-corrected chi connectivity index (χ2v) is 4.62. The lowest BCUT2D eigenvalue weighted by atomic mass is 10.3. The summed E-state index contributed by atoms with van der Waals surface area (Å²) in [5.41, 5.74) is 0.557. The molecule has 0 spiro atoms. The standard InChI is InChI=1S/C13H18Cl2N2O3/c1-3-19-12(20-4-2)8-16-13(18)17-9-5-6-10(14)11(15)7-9/h5-7,12H,3-4,8H2,1-2H3,(H2,16,17,18). The van der Waals surface area contributed by atoms with Gasteiger partial charge in [-0.3, -0.25) is 0 Å². The Kier molecular flexibility index (Phi) is 7.69. The van der Waals surface area contributed by atoms with E-state index in [2.05, 4.69) is 10.6 Å². The van der Waals surface area contributed by atoms with Crippen molar-refractivity contribution in [2.75, 3.05) is 25.1 Å². The molecule has 0 bridgehead atoms. The molecule has 0 aliphatic carbocycles. The summed E-state index contributed by atoms with van der Waals surface area (Å²) < 4.78 is 10.6. The average Bonchev–Trinajstić information content (AvgIpc) is 2.41. The molecule has 1 rings (SSSR count). The Morgan fingerprint density at radius 2 is 1.85 bits per heavy atom. The minimum absolute atomic E-state index is 0.259. The number of hydrogen-bond donors (Lipinski definition) is 2. The van der Waals surface area contributed by atoms with E-state index in [4.69, 9.17) is 32.7 Å². The molecule has 2 N–H and O–H groups in total. The molecule has 0 fully saturated rings. The lowest BCUT2D eigenvalue weighted by Gasteiger charge is -2.17. The summed E-state index contributed by atoms with van der Waals surface area (Å²) >= 11 is 11.7. The van der Waals surface area contributed by atoms with E-state index in [1.807, 2.05) is 13.8 Å². The maximum Gasteiger partial charge on any atom is 0.319 e. The number of hydrogen-bond acceptors (Lipinski definition) is 3. The van der Waals surface area contributed by atoms with Crippen LogP contribution in [0.2, 0.25) is 10.0 Å². The third-order valence-electron chi connectivity index (χ3n) is 2.31. The van der Waals surface area contributed by atoms with Crippen molar-refractivity contribution < 1.29 is 14.3 Å². The molecule has 0 aliphatic rings. The van der Waals surface area contributed by atoms with Crippen LogP contribution in [0.1, 0.15) is 13.8 Å². The van der Waals surface area contributed by atoms with Crippen LogP contribution >= 0.6 is 23.2 Å². The second-order valence-electron chi connectivity index (χ2n) is 3.80. The van der Waals surface area contributed by atoms with Gasteiger partial charge >= 0.3 is 6.03 Å². The molecule has 2 amide bonds. The number of ether oxygens (including phenoxy) is 2. The Labute approximate surface area is 128 Å². The van der Waals surface area contributed by atoms with E-state index in [0.717, 1.165) is 0 Å². The summed E-state index contributed by atoms with van der Waals surface area (Å²) in [5.74, 6) is 0. The van der Waals surface area contributed by atoms with Gasteiger partial charge in [0, 0.05) is 18.9 Å². The van der Waals surface area contributed by atoms with Crippen molar-refractivity contribution in [3.8, 4) is 0 Å². The fraction of sp³-hybridized carbons (Fsp3) is 0.462. The van der Waals surface area contributed by atoms with Gasteiger partial charge in [0.15, 0.2) is 6.29 Å². The van der Waals surface area contributed by atoms with E-state index in [0.29, 0.717) is 28.9 Å². The molecule has 0 radical (unpaired) electrons. The first-order valence-electron chi connectivity index (χ1n) is 6.29. The van der Waals surface area contributed by atoms with E-state index in [9.17, 15) is 4.79 Å². The first kappa shape index (κ1) is 17.0. The Balaban J connectivity index is 2.44. The lowest BCUT2D eigenvalue weighted by Crippen LogP contribution is -2.37. The number of rotatable bonds is 7. The molecule has 0 saturated carbocycles. The topological polar surface area (TPSA) is 59.6 Å². The lowest BCUT2D eigenvalue weighted by molar-refractivity contribution is -0.131. The smallest absolute Gasteiger partial charge is 0.319 e. The van der Waals surface area contributed by atoms with Crippen LogP contribution in [0.4, 0.5) is 10.5 Å². The average molecular weight is 321 g/mol. The van der Waals surface area contributed by atoms with Crippen molar-refractivity contribution in [3.05, 3.63) is 28.2 Å². The Bertz CT molecular complexity index is 438. The molecule has 0 aromatic heterocycles. The maximum atomic E-state index is 11.7. The monoisotopic (exact) mass is 320 g/mol. The normalized spacial score (nSPS) is 10.7. The summed E-state index contributed by atoms with van der Waals surface area (Å²) in [6.45, 7) is 5.01. The highest BCUT2D eigenvalue weighted by Crippen LogP contribution is 2.24. The number of benzene rings is 1. The predicted molar refractivity (Wildman–Crippen MR) is 80.5 cm³/mol. The zero-order valence-electron chi connectivity index (χ0n) is 11.4. The van der Waals surface area contributed by atoms with Crippen molar-refractivity contribution in [1.29, 1.82) is 0 Å². The molecule has 0 saturated heterocycles. The van der Waals surface area contributed by atoms with E-state index < -0.39 is 6.29 Å². The first-order valence-corrected chi connectivity index (χ1v) is 7.05. The number of nitrogens with one attached hydrogen (secondary N) is 2. The molecular weight excluding hydrogens is 303 g/mol. The van der Waals surface area contributed by atoms with Crippen molar-refractivity contribution >= 4 is 34.9 Å². The Morgan fingerprint density at radius 1 is 1.20 bits per heavy atom. The van der Waals surface area contributed by atoms with Crippen molar-refractivity contribution in [2.45, 2.75) is 20.1 Å². The van der Waals surface area contributed by atoms with Crippen LogP contribution in [0, 0.1) is 0 Å². The van der Waals surface area contributed by atoms with Gasteiger partial charge in [0.05, 0.1) is 16.6 Å². The third-order valence-corrected chi connectivity index (χ3v) is 3.05. The van der Waals surface area contributed by atoms with Gasteiger partial charge in [-0.15, -0.1) is 0 Å². The minimum Gasteiger partial charge on any atom is -0.351 e. The zero-order valence-corrected chi connectivity index (χ0v) is 12.9. The fourth-order valence-electron chi connectivity index (χ4n) is 1.46. The van der Waals surface area contributed by atoms with Crippen LogP contribution in [0.25, 0.3) is 0 Å². The molecular formula is C13H18Cl2N2O3. The number of carbonyl (C=O) groups excluding carboxylic acids is 1. The van der Waals surface area contributed by atoms with E-state index in [1.54, 1.807) is 18.2 Å². The van der Waals surface area contributed by atoms with Crippen LogP contribution in [0.15, 0.2) is 18.2 Å². The minimum atomic E-state index is -0.454. The molecule has 1 aromatic carbocycles. The van der Waals surface area contributed by atoms with Crippen molar-refractivity contribution in [1.82, 2.24) is 5.32 Å². The summed E-state index contributed by atoms with van der Waals surface area (Å²) in [4.78, 5) is 11.7. The van der Waals surface area contributed by atoms with Gasteiger partial charge in [-0.2, -0.15) is 0 Å². The van der Waals surface area contributed by atoms with Gasteiger partial charge in [0.25, 0.3) is 0 Å². The summed E-state index contributed by atoms with van der Waals surface area (Å²) in [7, 11) is 0. The van der Waals surface area contributed by atoms with Gasteiger partial charge in [-0.1, -0.05) is 23.2 Å². The number of carbonyl (C=O) groups is 1. The van der Waals surface area contributed by atoms with Gasteiger partial charge in [0.1, 0.15) is 0 Å². The SMILES string of the molecule is CCOC(CNC(=O)Nc1ccc(Cl)c(Cl)c1)OCC. The maximum absolute atomic E-state index is 11.7. The van der Waals surface area contributed by atoms with Gasteiger partial charge in [-0.05, 0) is 32.0 Å². The number of urea groups is 1. The number of anilines is 1. The van der Waals surface area contributed by atoms with Gasteiger partial charge in [-0.25, -0.2) is 4.79 Å². The molecule has 0 heterocycles. The van der Waals surface area contributed by atoms with Crippen LogP contribution in [0.5, 0.6) is 0 Å². The Hall–Kier alpha value is -1.01. The number of halogens is 2. The largest absolute Gasteiger partial charge is 0.351 e. The first-order chi connectivity index (χ1) is 9.56. The van der Waals surface area contributed by atoms with Crippen LogP contribution in [0.3, 0.4) is 0 Å². The van der Waals surface area contributed by atoms with Gasteiger partial charge < -0.3 is 20.1 Å². The van der Waals surface area contributed by atoms with E-state index in [1.165, 1.54) is 0 Å². The highest BCUT2D eigenvalue weighted by molar-refractivity contribution is 6.42. The molecule has 20 heavy (non-hydrogen) atoms. The summed E-state index contributed by atoms with van der Waals surface area (Å²) in [5, 5.41) is 6.12. The van der Waals surface area contributed by atoms with Crippen molar-refractivity contribution in [3.63, 3.8) is 0 Å². The second kappa shape index (κ2) is 9.02. The molecule has 5 nitrogen and oxygen atoms in total. The highest BCUT2D eigenvalue weighted by Gasteiger charge is 2.10. The predicted octanol–water partition coefficient (Wildman–Crippen LogP) is 3.51. The molecule has 7 heteroatoms. The quantitative estimate of drug-likeness (QED) is 0.756. The highest BCUT2D eigenvalue weighted by atomic mass is 35.5.